The van der Waals surface area contributed by atoms with Crippen molar-refractivity contribution >= 4 is 11.8 Å². The van der Waals surface area contributed by atoms with E-state index in [-0.39, 0.29) is 5.60 Å². The van der Waals surface area contributed by atoms with Crippen LogP contribution in [0.1, 0.15) is 46.5 Å². The molecule has 0 bridgehead atoms. The van der Waals surface area contributed by atoms with Crippen molar-refractivity contribution < 1.29 is 4.74 Å². The van der Waals surface area contributed by atoms with Gasteiger partial charge in [-0.05, 0) is 43.3 Å². The van der Waals surface area contributed by atoms with E-state index in [4.69, 9.17) is 4.74 Å². The van der Waals surface area contributed by atoms with Gasteiger partial charge in [-0.25, -0.2) is 0 Å². The molecular weight excluding hydrogens is 242 g/mol. The second-order valence-electron chi connectivity index (χ2n) is 6.55. The molecule has 0 radical (unpaired) electrons. The van der Waals surface area contributed by atoms with Crippen LogP contribution in [0.15, 0.2) is 0 Å². The number of ether oxygens (including phenoxy) is 1. The van der Waals surface area contributed by atoms with E-state index in [0.29, 0.717) is 6.04 Å². The summed E-state index contributed by atoms with van der Waals surface area (Å²) in [5, 5.41) is 3.75. The summed E-state index contributed by atoms with van der Waals surface area (Å²) in [6.07, 6.45) is 5.19. The first-order valence-electron chi connectivity index (χ1n) is 7.57. The van der Waals surface area contributed by atoms with Crippen molar-refractivity contribution in [2.24, 2.45) is 11.8 Å². The van der Waals surface area contributed by atoms with Crippen molar-refractivity contribution in [2.45, 2.75) is 58.1 Å². The Hall–Kier alpha value is 0.270. The maximum absolute atomic E-state index is 6.24. The fourth-order valence-corrected chi connectivity index (χ4v) is 4.82. The molecule has 0 aromatic heterocycles. The molecule has 18 heavy (non-hydrogen) atoms. The Morgan fingerprint density at radius 3 is 2.89 bits per heavy atom. The van der Waals surface area contributed by atoms with Crippen LogP contribution in [-0.4, -0.2) is 36.3 Å². The van der Waals surface area contributed by atoms with E-state index in [1.54, 1.807) is 0 Å². The van der Waals surface area contributed by atoms with Gasteiger partial charge in [0.25, 0.3) is 0 Å². The predicted molar refractivity (Wildman–Crippen MR) is 80.3 cm³/mol. The summed E-state index contributed by atoms with van der Waals surface area (Å²) in [6.45, 7) is 8.99. The van der Waals surface area contributed by atoms with E-state index in [9.17, 15) is 0 Å². The standard InChI is InChI=1S/C15H29NOS/c1-12(2)9-13(3)10-14-15(17-7-6-16-14)5-4-8-18-11-15/h12-14,16H,4-11H2,1-3H3. The fraction of sp³-hybridized carbons (Fsp3) is 1.00. The molecule has 3 atom stereocenters. The van der Waals surface area contributed by atoms with E-state index in [1.807, 2.05) is 0 Å². The van der Waals surface area contributed by atoms with Gasteiger partial charge in [0.15, 0.2) is 0 Å². The molecule has 106 valence electrons. The van der Waals surface area contributed by atoms with Crippen LogP contribution in [0.3, 0.4) is 0 Å². The first-order chi connectivity index (χ1) is 8.62. The highest BCUT2D eigenvalue weighted by atomic mass is 32.2. The maximum Gasteiger partial charge on any atom is 0.0925 e. The maximum atomic E-state index is 6.24. The summed E-state index contributed by atoms with van der Waals surface area (Å²) in [5.74, 6) is 4.12. The van der Waals surface area contributed by atoms with Crippen LogP contribution in [0.25, 0.3) is 0 Å². The lowest BCUT2D eigenvalue weighted by Crippen LogP contribution is -2.60. The molecule has 0 amide bonds. The molecule has 1 spiro atoms. The molecule has 3 heteroatoms. The van der Waals surface area contributed by atoms with Crippen LogP contribution < -0.4 is 5.32 Å². The summed E-state index contributed by atoms with van der Waals surface area (Å²) >= 11 is 2.08. The molecule has 3 unspecified atom stereocenters. The molecule has 2 saturated heterocycles. The largest absolute Gasteiger partial charge is 0.371 e. The van der Waals surface area contributed by atoms with Crippen LogP contribution in [0.5, 0.6) is 0 Å². The Balaban J connectivity index is 1.94. The van der Waals surface area contributed by atoms with Crippen LogP contribution >= 0.6 is 11.8 Å². The highest BCUT2D eigenvalue weighted by Gasteiger charge is 2.43. The van der Waals surface area contributed by atoms with Crippen molar-refractivity contribution in [3.63, 3.8) is 0 Å². The molecule has 2 aliphatic heterocycles. The van der Waals surface area contributed by atoms with E-state index in [2.05, 4.69) is 37.8 Å². The van der Waals surface area contributed by atoms with Crippen LogP contribution in [-0.2, 0) is 4.74 Å². The van der Waals surface area contributed by atoms with Crippen molar-refractivity contribution in [1.29, 1.82) is 0 Å². The third kappa shape index (κ3) is 3.64. The Morgan fingerprint density at radius 2 is 2.22 bits per heavy atom. The molecule has 0 aliphatic carbocycles. The Morgan fingerprint density at radius 1 is 1.39 bits per heavy atom. The smallest absolute Gasteiger partial charge is 0.0925 e. The second kappa shape index (κ2) is 6.62. The molecule has 2 nitrogen and oxygen atoms in total. The summed E-state index contributed by atoms with van der Waals surface area (Å²) in [7, 11) is 0. The van der Waals surface area contributed by atoms with Crippen LogP contribution in [0.4, 0.5) is 0 Å². The summed E-state index contributed by atoms with van der Waals surface area (Å²) in [5.41, 5.74) is 0.145. The summed E-state index contributed by atoms with van der Waals surface area (Å²) < 4.78 is 6.24. The predicted octanol–water partition coefficient (Wildman–Crippen LogP) is 3.31. The third-order valence-corrected chi connectivity index (χ3v) is 5.53. The number of rotatable bonds is 4. The molecular formula is C15H29NOS. The molecule has 2 aliphatic rings. The van der Waals surface area contributed by atoms with E-state index in [0.717, 1.165) is 25.0 Å². The van der Waals surface area contributed by atoms with Gasteiger partial charge in [-0.15, -0.1) is 0 Å². The average Bonchev–Trinajstić information content (AvgIpc) is 2.32. The average molecular weight is 271 g/mol. The van der Waals surface area contributed by atoms with Crippen molar-refractivity contribution in [3.8, 4) is 0 Å². The van der Waals surface area contributed by atoms with Crippen LogP contribution in [0, 0.1) is 11.8 Å². The summed E-state index contributed by atoms with van der Waals surface area (Å²) in [6, 6.07) is 0.577. The lowest BCUT2D eigenvalue weighted by atomic mass is 9.82. The lowest BCUT2D eigenvalue weighted by Gasteiger charge is -2.47. The van der Waals surface area contributed by atoms with Gasteiger partial charge in [-0.3, -0.25) is 0 Å². The molecule has 1 N–H and O–H groups in total. The van der Waals surface area contributed by atoms with E-state index in [1.165, 1.54) is 37.2 Å². The Bertz CT molecular complexity index is 243. The minimum Gasteiger partial charge on any atom is -0.371 e. The first-order valence-corrected chi connectivity index (χ1v) is 8.73. The second-order valence-corrected chi connectivity index (χ2v) is 7.65. The SMILES string of the molecule is CC(C)CC(C)CC1NCCOC12CCCSC2. The monoisotopic (exact) mass is 271 g/mol. The van der Waals surface area contributed by atoms with E-state index < -0.39 is 0 Å². The normalized spacial score (nSPS) is 35.0. The topological polar surface area (TPSA) is 21.3 Å². The lowest BCUT2D eigenvalue weighted by molar-refractivity contribution is -0.0922. The number of thioether (sulfide) groups is 1. The number of hydrogen-bond acceptors (Lipinski definition) is 3. The van der Waals surface area contributed by atoms with Gasteiger partial charge in [0.1, 0.15) is 0 Å². The molecule has 0 aromatic carbocycles. The fourth-order valence-electron chi connectivity index (χ4n) is 3.55. The number of morpholine rings is 1. The Kier molecular flexibility index (Phi) is 5.40. The van der Waals surface area contributed by atoms with Crippen molar-refractivity contribution in [2.75, 3.05) is 24.7 Å². The van der Waals surface area contributed by atoms with Gasteiger partial charge < -0.3 is 10.1 Å². The zero-order valence-electron chi connectivity index (χ0n) is 12.2. The van der Waals surface area contributed by atoms with E-state index >= 15 is 0 Å². The third-order valence-electron chi connectivity index (χ3n) is 4.26. The van der Waals surface area contributed by atoms with Gasteiger partial charge >= 0.3 is 0 Å². The molecule has 2 heterocycles. The number of nitrogens with one attached hydrogen (secondary N) is 1. The quantitative estimate of drug-likeness (QED) is 0.847. The molecule has 0 saturated carbocycles. The minimum atomic E-state index is 0.145. The molecule has 0 aromatic rings. The molecule has 2 fully saturated rings. The molecule has 2 rings (SSSR count). The minimum absolute atomic E-state index is 0.145. The van der Waals surface area contributed by atoms with Crippen molar-refractivity contribution in [3.05, 3.63) is 0 Å². The number of hydrogen-bond donors (Lipinski definition) is 1. The van der Waals surface area contributed by atoms with Gasteiger partial charge in [0.2, 0.25) is 0 Å². The van der Waals surface area contributed by atoms with Crippen LogP contribution in [0.2, 0.25) is 0 Å². The first kappa shape index (κ1) is 14.7. The highest BCUT2D eigenvalue weighted by molar-refractivity contribution is 7.99. The summed E-state index contributed by atoms with van der Waals surface area (Å²) in [4.78, 5) is 0. The highest BCUT2D eigenvalue weighted by Crippen LogP contribution is 2.37. The zero-order valence-corrected chi connectivity index (χ0v) is 13.0. The zero-order chi connectivity index (χ0) is 13.0. The van der Waals surface area contributed by atoms with Gasteiger partial charge in [0, 0.05) is 18.3 Å². The van der Waals surface area contributed by atoms with Gasteiger partial charge in [0.05, 0.1) is 12.2 Å². The van der Waals surface area contributed by atoms with Gasteiger partial charge in [-0.1, -0.05) is 20.8 Å². The van der Waals surface area contributed by atoms with Gasteiger partial charge in [-0.2, -0.15) is 11.8 Å². The van der Waals surface area contributed by atoms with Crippen molar-refractivity contribution in [1.82, 2.24) is 5.32 Å². The Labute approximate surface area is 117 Å².